The van der Waals surface area contributed by atoms with E-state index < -0.39 is 0 Å². The molecule has 1 aromatic heterocycles. The van der Waals surface area contributed by atoms with Crippen LogP contribution in [0.25, 0.3) is 0 Å². The van der Waals surface area contributed by atoms with Gasteiger partial charge >= 0.3 is 0 Å². The minimum absolute atomic E-state index is 0.0206. The molecular formula is C21H19N3O4. The van der Waals surface area contributed by atoms with Crippen molar-refractivity contribution in [2.75, 3.05) is 19.2 Å². The number of hydrogen-bond acceptors (Lipinski definition) is 5. The Kier molecular flexibility index (Phi) is 3.93. The summed E-state index contributed by atoms with van der Waals surface area (Å²) in [5, 5.41) is 7.52. The molecule has 2 aliphatic rings. The number of methoxy groups -OCH3 is 1. The van der Waals surface area contributed by atoms with Gasteiger partial charge in [-0.15, -0.1) is 0 Å². The summed E-state index contributed by atoms with van der Waals surface area (Å²) in [4.78, 5) is 12.4. The molecule has 3 aromatic rings. The molecule has 0 radical (unpaired) electrons. The number of amides is 1. The van der Waals surface area contributed by atoms with Crippen LogP contribution in [0.1, 0.15) is 29.0 Å². The number of carbonyl (C=O) groups excluding carboxylic acids is 1. The second kappa shape index (κ2) is 6.60. The van der Waals surface area contributed by atoms with Crippen molar-refractivity contribution in [3.8, 4) is 17.2 Å². The van der Waals surface area contributed by atoms with Gasteiger partial charge in [-0.05, 0) is 35.4 Å². The molecule has 2 aliphatic heterocycles. The Hall–Kier alpha value is -3.48. The van der Waals surface area contributed by atoms with Crippen LogP contribution in [0.2, 0.25) is 0 Å². The molecule has 7 heteroatoms. The summed E-state index contributed by atoms with van der Waals surface area (Å²) in [5.41, 5.74) is 3.07. The monoisotopic (exact) mass is 377 g/mol. The van der Waals surface area contributed by atoms with Crippen LogP contribution in [-0.2, 0) is 11.3 Å². The third-order valence-electron chi connectivity index (χ3n) is 5.16. The van der Waals surface area contributed by atoms with Crippen molar-refractivity contribution in [2.24, 2.45) is 0 Å². The van der Waals surface area contributed by atoms with E-state index in [1.165, 1.54) is 0 Å². The van der Waals surface area contributed by atoms with Gasteiger partial charge < -0.3 is 19.5 Å². The number of hydrogen-bond donors (Lipinski definition) is 1. The number of nitrogens with one attached hydrogen (secondary N) is 1. The first-order valence-electron chi connectivity index (χ1n) is 9.09. The van der Waals surface area contributed by atoms with Gasteiger partial charge in [-0.1, -0.05) is 18.2 Å². The van der Waals surface area contributed by atoms with Crippen molar-refractivity contribution in [3.63, 3.8) is 0 Å². The number of nitrogens with zero attached hydrogens (tertiary/aromatic N) is 2. The number of carbonyl (C=O) groups is 1. The number of aromatic nitrogens is 2. The van der Waals surface area contributed by atoms with E-state index in [1.807, 2.05) is 53.3 Å². The molecule has 3 heterocycles. The van der Waals surface area contributed by atoms with Crippen molar-refractivity contribution in [2.45, 2.75) is 18.9 Å². The van der Waals surface area contributed by atoms with E-state index in [0.29, 0.717) is 13.0 Å². The molecule has 0 saturated heterocycles. The number of fused-ring (bicyclic) bond motifs is 2. The summed E-state index contributed by atoms with van der Waals surface area (Å²) in [5.74, 6) is 2.92. The molecule has 0 bridgehead atoms. The molecule has 5 rings (SSSR count). The Labute approximate surface area is 161 Å². The molecule has 1 atom stereocenters. The van der Waals surface area contributed by atoms with E-state index in [-0.39, 0.29) is 18.6 Å². The van der Waals surface area contributed by atoms with Crippen LogP contribution < -0.4 is 19.5 Å². The fourth-order valence-corrected chi connectivity index (χ4v) is 3.76. The fourth-order valence-electron chi connectivity index (χ4n) is 3.76. The first kappa shape index (κ1) is 16.7. The van der Waals surface area contributed by atoms with Crippen molar-refractivity contribution >= 4 is 11.7 Å². The van der Waals surface area contributed by atoms with E-state index in [9.17, 15) is 4.79 Å². The number of anilines is 1. The van der Waals surface area contributed by atoms with Crippen LogP contribution in [0, 0.1) is 0 Å². The lowest BCUT2D eigenvalue weighted by Crippen LogP contribution is -2.25. The molecular weight excluding hydrogens is 358 g/mol. The zero-order valence-electron chi connectivity index (χ0n) is 15.3. The standard InChI is InChI=1S/C21H19N3O4/c1-26-15-4-2-3-14(8-15)16-9-20(25)23-21-17(16)10-22-24(21)11-13-5-6-18-19(7-13)28-12-27-18/h2-8,10,16H,9,11-12H2,1H3,(H,23,25)/t16-/m0/s1. The molecule has 142 valence electrons. The van der Waals surface area contributed by atoms with Gasteiger partial charge in [0.15, 0.2) is 11.5 Å². The lowest BCUT2D eigenvalue weighted by atomic mass is 9.87. The predicted molar refractivity (Wildman–Crippen MR) is 102 cm³/mol. The highest BCUT2D eigenvalue weighted by Crippen LogP contribution is 2.38. The lowest BCUT2D eigenvalue weighted by Gasteiger charge is -2.24. The van der Waals surface area contributed by atoms with Crippen LogP contribution in [0.15, 0.2) is 48.7 Å². The van der Waals surface area contributed by atoms with Crippen molar-refractivity contribution in [3.05, 3.63) is 65.4 Å². The van der Waals surface area contributed by atoms with Crippen molar-refractivity contribution in [1.29, 1.82) is 0 Å². The first-order chi connectivity index (χ1) is 13.7. The van der Waals surface area contributed by atoms with Crippen LogP contribution in [0.5, 0.6) is 17.2 Å². The molecule has 0 unspecified atom stereocenters. The summed E-state index contributed by atoms with van der Waals surface area (Å²) in [7, 11) is 1.64. The number of rotatable bonds is 4. The molecule has 2 aromatic carbocycles. The highest BCUT2D eigenvalue weighted by atomic mass is 16.7. The van der Waals surface area contributed by atoms with Crippen LogP contribution in [0.3, 0.4) is 0 Å². The average molecular weight is 377 g/mol. The van der Waals surface area contributed by atoms with Gasteiger partial charge in [0.25, 0.3) is 0 Å². The highest BCUT2D eigenvalue weighted by Gasteiger charge is 2.30. The minimum Gasteiger partial charge on any atom is -0.497 e. The van der Waals surface area contributed by atoms with Gasteiger partial charge in [-0.25, -0.2) is 4.68 Å². The van der Waals surface area contributed by atoms with Crippen LogP contribution in [-0.4, -0.2) is 29.6 Å². The smallest absolute Gasteiger partial charge is 0.231 e. The molecule has 0 saturated carbocycles. The van der Waals surface area contributed by atoms with Gasteiger partial charge in [0.05, 0.1) is 19.9 Å². The Morgan fingerprint density at radius 1 is 1.21 bits per heavy atom. The first-order valence-corrected chi connectivity index (χ1v) is 9.09. The summed E-state index contributed by atoms with van der Waals surface area (Å²) in [6.07, 6.45) is 2.22. The van der Waals surface area contributed by atoms with Gasteiger partial charge in [0.2, 0.25) is 12.7 Å². The highest BCUT2D eigenvalue weighted by molar-refractivity contribution is 5.94. The Morgan fingerprint density at radius 2 is 2.11 bits per heavy atom. The summed E-state index contributed by atoms with van der Waals surface area (Å²) >= 11 is 0. The van der Waals surface area contributed by atoms with Crippen LogP contribution in [0.4, 0.5) is 5.82 Å². The Bertz CT molecular complexity index is 1060. The number of benzene rings is 2. The maximum absolute atomic E-state index is 12.4. The normalized spacial score (nSPS) is 17.2. The lowest BCUT2D eigenvalue weighted by molar-refractivity contribution is -0.116. The maximum atomic E-state index is 12.4. The molecule has 0 aliphatic carbocycles. The zero-order chi connectivity index (χ0) is 19.1. The predicted octanol–water partition coefficient (Wildman–Crippen LogP) is 3.14. The zero-order valence-corrected chi connectivity index (χ0v) is 15.3. The van der Waals surface area contributed by atoms with Gasteiger partial charge in [-0.3, -0.25) is 4.79 Å². The summed E-state index contributed by atoms with van der Waals surface area (Å²) in [6.45, 7) is 0.769. The summed E-state index contributed by atoms with van der Waals surface area (Å²) in [6, 6.07) is 13.7. The maximum Gasteiger partial charge on any atom is 0.231 e. The second-order valence-corrected chi connectivity index (χ2v) is 6.88. The largest absolute Gasteiger partial charge is 0.497 e. The van der Waals surface area contributed by atoms with E-state index >= 15 is 0 Å². The number of ether oxygens (including phenoxy) is 3. The second-order valence-electron chi connectivity index (χ2n) is 6.88. The SMILES string of the molecule is COc1cccc([C@@H]2CC(=O)Nc3c2cnn3Cc2ccc3c(c2)OCO3)c1. The molecule has 28 heavy (non-hydrogen) atoms. The van der Waals surface area contributed by atoms with Crippen molar-refractivity contribution in [1.82, 2.24) is 9.78 Å². The van der Waals surface area contributed by atoms with Gasteiger partial charge in [0.1, 0.15) is 11.6 Å². The van der Waals surface area contributed by atoms with E-state index in [0.717, 1.165) is 39.8 Å². The Balaban J connectivity index is 1.48. The average Bonchev–Trinajstić information content (AvgIpc) is 3.34. The minimum atomic E-state index is -0.0515. The molecule has 0 spiro atoms. The van der Waals surface area contributed by atoms with E-state index in [2.05, 4.69) is 10.4 Å². The summed E-state index contributed by atoms with van der Waals surface area (Å²) < 4.78 is 18.0. The molecule has 0 fully saturated rings. The van der Waals surface area contributed by atoms with Crippen molar-refractivity contribution < 1.29 is 19.0 Å². The molecule has 1 N–H and O–H groups in total. The quantitative estimate of drug-likeness (QED) is 0.756. The van der Waals surface area contributed by atoms with Gasteiger partial charge in [-0.2, -0.15) is 5.10 Å². The molecule has 1 amide bonds. The topological polar surface area (TPSA) is 74.6 Å². The van der Waals surface area contributed by atoms with E-state index in [4.69, 9.17) is 14.2 Å². The third kappa shape index (κ3) is 2.85. The molecule has 7 nitrogen and oxygen atoms in total. The van der Waals surface area contributed by atoms with Gasteiger partial charge in [0, 0.05) is 17.9 Å². The van der Waals surface area contributed by atoms with E-state index in [1.54, 1.807) is 7.11 Å². The third-order valence-corrected chi connectivity index (χ3v) is 5.16. The fraction of sp³-hybridized carbons (Fsp3) is 0.238. The van der Waals surface area contributed by atoms with Crippen LogP contribution >= 0.6 is 0 Å². The Morgan fingerprint density at radius 3 is 3.00 bits per heavy atom.